The fraction of sp³-hybridized carbons (Fsp3) is 0.421. The molecule has 0 saturated carbocycles. The molecule has 45 heavy (non-hydrogen) atoms. The van der Waals surface area contributed by atoms with Crippen molar-refractivity contribution in [1.82, 2.24) is 10.2 Å². The number of ether oxygens (including phenoxy) is 5. The second-order valence-corrected chi connectivity index (χ2v) is 11.9. The predicted molar refractivity (Wildman–Crippen MR) is 178 cm³/mol. The van der Waals surface area contributed by atoms with Crippen LogP contribution in [0.15, 0.2) is 97.1 Å². The lowest BCUT2D eigenvalue weighted by atomic mass is 9.85. The van der Waals surface area contributed by atoms with Gasteiger partial charge in [-0.15, -0.1) is 0 Å². The Bertz CT molecular complexity index is 1430. The number of piperidine rings is 1. The lowest BCUT2D eigenvalue weighted by Crippen LogP contribution is -2.51. The molecule has 0 spiro atoms. The zero-order chi connectivity index (χ0) is 30.5. The van der Waals surface area contributed by atoms with E-state index in [2.05, 4.69) is 89.1 Å². The van der Waals surface area contributed by atoms with E-state index < -0.39 is 0 Å². The minimum Gasteiger partial charge on any atom is -0.494 e. The maximum absolute atomic E-state index is 6.66. The number of benzene rings is 4. The van der Waals surface area contributed by atoms with Crippen LogP contribution in [0.4, 0.5) is 0 Å². The highest BCUT2D eigenvalue weighted by Gasteiger charge is 2.36. The average Bonchev–Trinajstić information content (AvgIpc) is 3.10. The third kappa shape index (κ3) is 9.36. The van der Waals surface area contributed by atoms with E-state index >= 15 is 0 Å². The summed E-state index contributed by atoms with van der Waals surface area (Å²) >= 11 is 0. The monoisotopic (exact) mass is 610 g/mol. The summed E-state index contributed by atoms with van der Waals surface area (Å²) in [5, 5.41) is 6.07. The molecule has 7 heteroatoms. The zero-order valence-corrected chi connectivity index (χ0v) is 26.2. The molecule has 1 N–H and O–H groups in total. The summed E-state index contributed by atoms with van der Waals surface area (Å²) in [4.78, 5) is 2.42. The van der Waals surface area contributed by atoms with Gasteiger partial charge in [-0.1, -0.05) is 78.9 Å². The van der Waals surface area contributed by atoms with Crippen molar-refractivity contribution in [1.29, 1.82) is 0 Å². The molecular weight excluding hydrogens is 564 g/mol. The molecule has 0 amide bonds. The molecule has 0 unspecified atom stereocenters. The Morgan fingerprint density at radius 2 is 1.44 bits per heavy atom. The molecule has 2 fully saturated rings. The Morgan fingerprint density at radius 3 is 2.27 bits per heavy atom. The second-order valence-electron chi connectivity index (χ2n) is 11.9. The molecule has 7 nitrogen and oxygen atoms in total. The lowest BCUT2D eigenvalue weighted by Gasteiger charge is -2.39. The highest BCUT2D eigenvalue weighted by molar-refractivity contribution is 5.82. The van der Waals surface area contributed by atoms with Crippen LogP contribution in [-0.4, -0.2) is 82.9 Å². The molecule has 4 aromatic rings. The summed E-state index contributed by atoms with van der Waals surface area (Å²) in [7, 11) is 0. The predicted octanol–water partition coefficient (Wildman–Crippen LogP) is 5.82. The third-order valence-electron chi connectivity index (χ3n) is 8.69. The van der Waals surface area contributed by atoms with Gasteiger partial charge in [-0.2, -0.15) is 0 Å². The van der Waals surface area contributed by atoms with Gasteiger partial charge in [0.2, 0.25) is 0 Å². The zero-order valence-electron chi connectivity index (χ0n) is 26.2. The first-order valence-corrected chi connectivity index (χ1v) is 16.4. The van der Waals surface area contributed by atoms with Crippen LogP contribution in [0.5, 0.6) is 5.75 Å². The van der Waals surface area contributed by atoms with Crippen molar-refractivity contribution in [3.8, 4) is 5.75 Å². The maximum atomic E-state index is 6.66. The minimum absolute atomic E-state index is 0.00919. The summed E-state index contributed by atoms with van der Waals surface area (Å²) in [6.45, 7) is 9.18. The van der Waals surface area contributed by atoms with Crippen molar-refractivity contribution in [2.24, 2.45) is 0 Å². The molecule has 3 atom stereocenters. The van der Waals surface area contributed by atoms with Crippen LogP contribution < -0.4 is 10.1 Å². The van der Waals surface area contributed by atoms with Gasteiger partial charge in [-0.3, -0.25) is 4.90 Å². The normalized spacial score (nSPS) is 20.8. The van der Waals surface area contributed by atoms with Crippen LogP contribution in [0.25, 0.3) is 10.8 Å². The van der Waals surface area contributed by atoms with Crippen LogP contribution in [0.1, 0.15) is 29.0 Å². The van der Waals surface area contributed by atoms with Crippen molar-refractivity contribution < 1.29 is 23.7 Å². The Kier molecular flexibility index (Phi) is 11.9. The van der Waals surface area contributed by atoms with Crippen LogP contribution in [0.2, 0.25) is 0 Å². The number of nitrogens with one attached hydrogen (secondary N) is 1. The van der Waals surface area contributed by atoms with Gasteiger partial charge in [-0.05, 0) is 45.7 Å². The molecule has 0 radical (unpaired) electrons. The van der Waals surface area contributed by atoms with Gasteiger partial charge < -0.3 is 29.0 Å². The summed E-state index contributed by atoms with van der Waals surface area (Å²) in [6.07, 6.45) is 0.828. The summed E-state index contributed by atoms with van der Waals surface area (Å²) in [5.74, 6) is 0.978. The maximum Gasteiger partial charge on any atom is 0.119 e. The Balaban J connectivity index is 1.06. The third-order valence-corrected chi connectivity index (χ3v) is 8.69. The molecular formula is C38H46N2O5. The van der Waals surface area contributed by atoms with E-state index in [1.807, 2.05) is 18.2 Å². The molecule has 2 aliphatic heterocycles. The fourth-order valence-electron chi connectivity index (χ4n) is 6.21. The first-order chi connectivity index (χ1) is 22.3. The van der Waals surface area contributed by atoms with E-state index in [4.69, 9.17) is 23.7 Å². The molecule has 6 rings (SSSR count). The number of fused-ring (bicyclic) bond motifs is 1. The van der Waals surface area contributed by atoms with Crippen LogP contribution >= 0.6 is 0 Å². The van der Waals surface area contributed by atoms with Crippen LogP contribution in [0, 0.1) is 0 Å². The smallest absolute Gasteiger partial charge is 0.119 e. The number of hydrogen-bond donors (Lipinski definition) is 1. The number of hydrogen-bond acceptors (Lipinski definition) is 7. The van der Waals surface area contributed by atoms with Crippen molar-refractivity contribution in [3.63, 3.8) is 0 Å². The van der Waals surface area contributed by atoms with E-state index in [-0.39, 0.29) is 18.1 Å². The van der Waals surface area contributed by atoms with E-state index in [9.17, 15) is 0 Å². The summed E-state index contributed by atoms with van der Waals surface area (Å²) < 4.78 is 30.6. The van der Waals surface area contributed by atoms with Crippen molar-refractivity contribution >= 4 is 10.8 Å². The Morgan fingerprint density at radius 1 is 0.689 bits per heavy atom. The summed E-state index contributed by atoms with van der Waals surface area (Å²) in [5.41, 5.74) is 3.59. The van der Waals surface area contributed by atoms with Gasteiger partial charge in [0.25, 0.3) is 0 Å². The fourth-order valence-corrected chi connectivity index (χ4v) is 6.21. The van der Waals surface area contributed by atoms with Crippen molar-refractivity contribution in [2.45, 2.75) is 37.8 Å². The van der Waals surface area contributed by atoms with E-state index in [0.29, 0.717) is 33.0 Å². The molecule has 0 aliphatic carbocycles. The molecule has 0 bridgehead atoms. The van der Waals surface area contributed by atoms with E-state index in [1.54, 1.807) is 0 Å². The first kappa shape index (κ1) is 31.7. The average molecular weight is 611 g/mol. The second kappa shape index (κ2) is 16.9. The lowest BCUT2D eigenvalue weighted by molar-refractivity contribution is -0.0662. The van der Waals surface area contributed by atoms with Gasteiger partial charge >= 0.3 is 0 Å². The molecule has 2 aliphatic rings. The van der Waals surface area contributed by atoms with Gasteiger partial charge in [0, 0.05) is 45.1 Å². The largest absolute Gasteiger partial charge is 0.494 e. The molecule has 4 aromatic carbocycles. The first-order valence-electron chi connectivity index (χ1n) is 16.4. The molecule has 2 heterocycles. The van der Waals surface area contributed by atoms with Crippen LogP contribution in [-0.2, 0) is 32.2 Å². The minimum atomic E-state index is -0.0212. The topological polar surface area (TPSA) is 61.4 Å². The number of rotatable bonds is 15. The van der Waals surface area contributed by atoms with Gasteiger partial charge in [0.05, 0.1) is 58.5 Å². The van der Waals surface area contributed by atoms with Crippen LogP contribution in [0.3, 0.4) is 0 Å². The van der Waals surface area contributed by atoms with E-state index in [1.165, 1.54) is 27.5 Å². The number of morpholine rings is 1. The number of nitrogens with zero attached hydrogens (tertiary/aromatic N) is 1. The highest BCUT2D eigenvalue weighted by Crippen LogP contribution is 2.32. The van der Waals surface area contributed by atoms with Gasteiger partial charge in [0.15, 0.2) is 0 Å². The Hall–Kier alpha value is -3.30. The van der Waals surface area contributed by atoms with Gasteiger partial charge in [0.1, 0.15) is 5.75 Å². The van der Waals surface area contributed by atoms with E-state index in [0.717, 1.165) is 58.1 Å². The summed E-state index contributed by atoms with van der Waals surface area (Å²) in [6, 6.07) is 33.8. The Labute approximate surface area is 267 Å². The van der Waals surface area contributed by atoms with Crippen molar-refractivity contribution in [3.05, 3.63) is 114 Å². The quantitative estimate of drug-likeness (QED) is 0.170. The van der Waals surface area contributed by atoms with Crippen molar-refractivity contribution in [2.75, 3.05) is 65.8 Å². The molecule has 0 aromatic heterocycles. The highest BCUT2D eigenvalue weighted by atomic mass is 16.5. The van der Waals surface area contributed by atoms with Gasteiger partial charge in [-0.25, -0.2) is 0 Å². The molecule has 2 saturated heterocycles. The SMILES string of the molecule is c1ccc(COCCCOc2ccc([C@@H]3[C@@H](OCCN4CCOCC4)CNC[C@H]3OCc3ccc4ccccc4c3)cc2)cc1. The standard InChI is InChI=1S/C38H46N2O5/c1-2-7-30(8-3-1)28-42-20-6-21-43-35-15-13-33(14-16-35)38-36(44-24-19-40-17-22-41-23-18-40)26-39-27-37(38)45-29-31-11-12-32-9-4-5-10-34(32)25-31/h1-5,7-16,25,36-39H,6,17-24,26-29H2/t36-,37+,38+/m0/s1. The molecule has 238 valence electrons.